The van der Waals surface area contributed by atoms with E-state index in [0.29, 0.717) is 17.6 Å². The largest absolute Gasteiger partial charge is 0.535 e. The van der Waals surface area contributed by atoms with Crippen LogP contribution in [0, 0.1) is 0 Å². The van der Waals surface area contributed by atoms with Gasteiger partial charge in [0.05, 0.1) is 5.56 Å². The first kappa shape index (κ1) is 11.0. The number of para-hydroxylation sites is 1. The fraction of sp³-hybridized carbons (Fsp3) is 0.273. The van der Waals surface area contributed by atoms with Crippen molar-refractivity contribution >= 4 is 12.9 Å². The van der Waals surface area contributed by atoms with E-state index in [1.807, 2.05) is 6.07 Å². The Labute approximate surface area is 93.9 Å². The lowest BCUT2D eigenvalue weighted by atomic mass is 9.72. The smallest absolute Gasteiger partial charge is 0.523 e. The second kappa shape index (κ2) is 4.19. The average molecular weight is 220 g/mol. The molecule has 0 spiro atoms. The van der Waals surface area contributed by atoms with Crippen LogP contribution >= 0.6 is 0 Å². The van der Waals surface area contributed by atoms with Crippen LogP contribution in [0.5, 0.6) is 5.75 Å². The van der Waals surface area contributed by atoms with Gasteiger partial charge in [-0.05, 0) is 11.6 Å². The van der Waals surface area contributed by atoms with E-state index < -0.39 is 7.12 Å². The number of benzene rings is 1. The van der Waals surface area contributed by atoms with E-state index in [-0.39, 0.29) is 18.3 Å². The molecular weight excluding hydrogens is 207 g/mol. The number of aliphatic hydroxyl groups excluding tert-OH is 2. The van der Waals surface area contributed by atoms with Gasteiger partial charge in [0.15, 0.2) is 0 Å². The van der Waals surface area contributed by atoms with Crippen molar-refractivity contribution in [2.24, 2.45) is 0 Å². The van der Waals surface area contributed by atoms with Crippen LogP contribution in [0.3, 0.4) is 0 Å². The zero-order valence-electron chi connectivity index (χ0n) is 8.76. The predicted octanol–water partition coefficient (Wildman–Crippen LogP) is 1.16. The normalized spacial score (nSPS) is 18.9. The first-order valence-electron chi connectivity index (χ1n) is 5.10. The highest BCUT2D eigenvalue weighted by atomic mass is 16.5. The summed E-state index contributed by atoms with van der Waals surface area (Å²) in [6.45, 7) is 3.38. The van der Waals surface area contributed by atoms with E-state index in [2.05, 4.69) is 6.58 Å². The van der Waals surface area contributed by atoms with E-state index in [0.717, 1.165) is 5.56 Å². The Morgan fingerprint density at radius 3 is 2.94 bits per heavy atom. The molecule has 1 atom stereocenters. The minimum Gasteiger partial charge on any atom is -0.535 e. The number of fused-ring (bicyclic) bond motifs is 1. The van der Waals surface area contributed by atoms with Gasteiger partial charge in [0.2, 0.25) is 0 Å². The summed E-state index contributed by atoms with van der Waals surface area (Å²) in [7, 11) is -0.954. The van der Waals surface area contributed by atoms with Crippen molar-refractivity contribution < 1.29 is 19.9 Å². The van der Waals surface area contributed by atoms with Crippen molar-refractivity contribution in [3.8, 4) is 5.75 Å². The van der Waals surface area contributed by atoms with E-state index in [1.165, 1.54) is 0 Å². The minimum atomic E-state index is -0.954. The van der Waals surface area contributed by atoms with Gasteiger partial charge in [-0.1, -0.05) is 18.7 Å². The molecule has 1 aliphatic heterocycles. The molecule has 1 aromatic rings. The fourth-order valence-corrected chi connectivity index (χ4v) is 1.96. The second-order valence-corrected chi connectivity index (χ2v) is 3.86. The third-order valence-electron chi connectivity index (χ3n) is 2.76. The molecule has 4 nitrogen and oxygen atoms in total. The van der Waals surface area contributed by atoms with Gasteiger partial charge >= 0.3 is 7.12 Å². The molecule has 0 fully saturated rings. The average Bonchev–Trinajstić information content (AvgIpc) is 2.26. The molecule has 84 valence electrons. The summed E-state index contributed by atoms with van der Waals surface area (Å²) in [6, 6.07) is 5.24. The minimum absolute atomic E-state index is 0.0607. The second-order valence-electron chi connectivity index (χ2n) is 3.86. The molecule has 0 aliphatic carbocycles. The van der Waals surface area contributed by atoms with Gasteiger partial charge in [0.25, 0.3) is 0 Å². The SMILES string of the molecule is C=C(O)c1cccc2c1OB(O)CC2CO. The maximum atomic E-state index is 9.52. The van der Waals surface area contributed by atoms with Gasteiger partial charge in [-0.25, -0.2) is 0 Å². The summed E-state index contributed by atoms with van der Waals surface area (Å²) in [4.78, 5) is 0. The van der Waals surface area contributed by atoms with Gasteiger partial charge < -0.3 is 19.9 Å². The van der Waals surface area contributed by atoms with Crippen molar-refractivity contribution in [2.45, 2.75) is 12.2 Å². The third-order valence-corrected chi connectivity index (χ3v) is 2.76. The molecule has 0 aromatic heterocycles. The quantitative estimate of drug-likeness (QED) is 0.516. The van der Waals surface area contributed by atoms with Crippen LogP contribution in [-0.4, -0.2) is 29.0 Å². The van der Waals surface area contributed by atoms with Crippen LogP contribution in [0.2, 0.25) is 6.32 Å². The first-order valence-corrected chi connectivity index (χ1v) is 5.10. The molecule has 2 rings (SSSR count). The molecule has 0 bridgehead atoms. The molecule has 1 aromatic carbocycles. The maximum Gasteiger partial charge on any atom is 0.523 e. The molecule has 0 saturated heterocycles. The van der Waals surface area contributed by atoms with Crippen LogP contribution in [0.25, 0.3) is 5.76 Å². The molecule has 0 amide bonds. The maximum absolute atomic E-state index is 9.52. The Morgan fingerprint density at radius 1 is 1.56 bits per heavy atom. The fourth-order valence-electron chi connectivity index (χ4n) is 1.96. The Bertz CT molecular complexity index is 418. The van der Waals surface area contributed by atoms with E-state index in [1.54, 1.807) is 12.1 Å². The summed E-state index contributed by atoms with van der Waals surface area (Å²) < 4.78 is 5.28. The Hall–Kier alpha value is -1.46. The number of hydrogen-bond donors (Lipinski definition) is 3. The summed E-state index contributed by atoms with van der Waals surface area (Å²) >= 11 is 0. The lowest BCUT2D eigenvalue weighted by Crippen LogP contribution is -2.31. The molecule has 1 unspecified atom stereocenters. The van der Waals surface area contributed by atoms with Crippen molar-refractivity contribution in [2.75, 3.05) is 6.61 Å². The van der Waals surface area contributed by atoms with Crippen molar-refractivity contribution in [1.29, 1.82) is 0 Å². The standard InChI is InChI=1S/C11H13BO4/c1-7(14)9-3-2-4-10-8(6-13)5-12(15)16-11(9)10/h2-4,8,13-15H,1,5-6H2. The van der Waals surface area contributed by atoms with Crippen molar-refractivity contribution in [1.82, 2.24) is 0 Å². The Kier molecular flexibility index (Phi) is 2.89. The number of hydrogen-bond acceptors (Lipinski definition) is 4. The van der Waals surface area contributed by atoms with E-state index >= 15 is 0 Å². The van der Waals surface area contributed by atoms with Gasteiger partial charge in [-0.2, -0.15) is 0 Å². The monoisotopic (exact) mass is 220 g/mol. The zero-order valence-corrected chi connectivity index (χ0v) is 8.76. The molecule has 3 N–H and O–H groups in total. The van der Waals surface area contributed by atoms with Gasteiger partial charge in [-0.15, -0.1) is 0 Å². The van der Waals surface area contributed by atoms with Gasteiger partial charge in [0.1, 0.15) is 11.5 Å². The number of aliphatic hydroxyl groups is 2. The lowest BCUT2D eigenvalue weighted by molar-refractivity contribution is 0.257. The first-order chi connectivity index (χ1) is 7.63. The molecule has 1 heterocycles. The molecular formula is C11H13BO4. The highest BCUT2D eigenvalue weighted by Crippen LogP contribution is 2.39. The Balaban J connectivity index is 2.52. The van der Waals surface area contributed by atoms with Crippen LogP contribution in [0.4, 0.5) is 0 Å². The van der Waals surface area contributed by atoms with Crippen molar-refractivity contribution in [3.05, 3.63) is 35.9 Å². The number of rotatable bonds is 2. The van der Waals surface area contributed by atoms with Crippen LogP contribution in [-0.2, 0) is 0 Å². The van der Waals surface area contributed by atoms with Gasteiger partial charge in [-0.3, -0.25) is 0 Å². The molecule has 0 saturated carbocycles. The summed E-state index contributed by atoms with van der Waals surface area (Å²) in [6.07, 6.45) is 0.352. The zero-order chi connectivity index (χ0) is 11.7. The summed E-state index contributed by atoms with van der Waals surface area (Å²) in [5.74, 6) is 0.133. The van der Waals surface area contributed by atoms with Crippen LogP contribution in [0.1, 0.15) is 17.0 Å². The third kappa shape index (κ3) is 1.79. The highest BCUT2D eigenvalue weighted by Gasteiger charge is 2.32. The van der Waals surface area contributed by atoms with Crippen molar-refractivity contribution in [3.63, 3.8) is 0 Å². The van der Waals surface area contributed by atoms with E-state index in [4.69, 9.17) is 4.65 Å². The predicted molar refractivity (Wildman–Crippen MR) is 61.3 cm³/mol. The Morgan fingerprint density at radius 2 is 2.31 bits per heavy atom. The van der Waals surface area contributed by atoms with Crippen LogP contribution < -0.4 is 4.65 Å². The lowest BCUT2D eigenvalue weighted by Gasteiger charge is -2.27. The summed E-state index contributed by atoms with van der Waals surface area (Å²) in [5.41, 5.74) is 1.25. The molecule has 5 heteroatoms. The topological polar surface area (TPSA) is 69.9 Å². The molecule has 0 radical (unpaired) electrons. The van der Waals surface area contributed by atoms with E-state index in [9.17, 15) is 15.2 Å². The molecule has 16 heavy (non-hydrogen) atoms. The highest BCUT2D eigenvalue weighted by molar-refractivity contribution is 6.44. The molecule has 1 aliphatic rings. The van der Waals surface area contributed by atoms with Gasteiger partial charge in [0, 0.05) is 18.8 Å². The van der Waals surface area contributed by atoms with Crippen LogP contribution in [0.15, 0.2) is 24.8 Å². The summed E-state index contributed by atoms with van der Waals surface area (Å²) in [5, 5.41) is 28.2.